The molecule has 5 heteroatoms. The summed E-state index contributed by atoms with van der Waals surface area (Å²) in [5, 5.41) is 6.37. The highest BCUT2D eigenvalue weighted by molar-refractivity contribution is 5.82. The molecule has 2 heterocycles. The zero-order valence-corrected chi connectivity index (χ0v) is 12.2. The lowest BCUT2D eigenvalue weighted by Crippen LogP contribution is -2.47. The SMILES string of the molecule is CCC1(C(=O)NCc2ccnc(OC)c2)CCNCC1. The van der Waals surface area contributed by atoms with Crippen LogP contribution in [0.1, 0.15) is 31.7 Å². The fourth-order valence-electron chi connectivity index (χ4n) is 2.69. The molecule has 0 atom stereocenters. The van der Waals surface area contributed by atoms with Gasteiger partial charge in [-0.3, -0.25) is 4.79 Å². The number of rotatable bonds is 5. The summed E-state index contributed by atoms with van der Waals surface area (Å²) >= 11 is 0. The Morgan fingerprint density at radius 2 is 2.25 bits per heavy atom. The zero-order valence-electron chi connectivity index (χ0n) is 12.2. The van der Waals surface area contributed by atoms with E-state index in [-0.39, 0.29) is 11.3 Å². The molecule has 1 aliphatic rings. The van der Waals surface area contributed by atoms with Crippen LogP contribution < -0.4 is 15.4 Å². The minimum absolute atomic E-state index is 0.164. The molecule has 1 aromatic rings. The van der Waals surface area contributed by atoms with Crippen LogP contribution in [0.25, 0.3) is 0 Å². The van der Waals surface area contributed by atoms with Crippen LogP contribution in [-0.4, -0.2) is 31.1 Å². The number of hydrogen-bond acceptors (Lipinski definition) is 4. The van der Waals surface area contributed by atoms with Gasteiger partial charge >= 0.3 is 0 Å². The number of nitrogens with zero attached hydrogens (tertiary/aromatic N) is 1. The van der Waals surface area contributed by atoms with E-state index < -0.39 is 0 Å². The molecule has 1 aliphatic heterocycles. The number of nitrogens with one attached hydrogen (secondary N) is 2. The maximum absolute atomic E-state index is 12.5. The molecule has 1 saturated heterocycles. The first-order chi connectivity index (χ1) is 9.70. The molecular formula is C15H23N3O2. The Bertz CT molecular complexity index is 456. The quantitative estimate of drug-likeness (QED) is 0.856. The predicted octanol–water partition coefficient (Wildman–Crippen LogP) is 1.49. The molecule has 1 amide bonds. The highest BCUT2D eigenvalue weighted by atomic mass is 16.5. The molecule has 0 unspecified atom stereocenters. The van der Waals surface area contributed by atoms with Crippen molar-refractivity contribution in [2.45, 2.75) is 32.7 Å². The summed E-state index contributed by atoms with van der Waals surface area (Å²) in [6, 6.07) is 3.74. The number of piperidine rings is 1. The van der Waals surface area contributed by atoms with E-state index >= 15 is 0 Å². The summed E-state index contributed by atoms with van der Waals surface area (Å²) in [4.78, 5) is 16.6. The van der Waals surface area contributed by atoms with Crippen molar-refractivity contribution >= 4 is 5.91 Å². The van der Waals surface area contributed by atoms with E-state index in [4.69, 9.17) is 4.74 Å². The summed E-state index contributed by atoms with van der Waals surface area (Å²) in [5.41, 5.74) is 0.799. The van der Waals surface area contributed by atoms with Gasteiger partial charge in [-0.05, 0) is 44.0 Å². The normalized spacial score (nSPS) is 17.5. The minimum atomic E-state index is -0.206. The molecule has 0 bridgehead atoms. The zero-order chi connectivity index (χ0) is 14.4. The Hall–Kier alpha value is -1.62. The van der Waals surface area contributed by atoms with E-state index in [0.717, 1.165) is 37.9 Å². The van der Waals surface area contributed by atoms with Gasteiger partial charge in [-0.2, -0.15) is 0 Å². The number of hydrogen-bond donors (Lipinski definition) is 2. The van der Waals surface area contributed by atoms with Gasteiger partial charge in [-0.15, -0.1) is 0 Å². The highest BCUT2D eigenvalue weighted by Crippen LogP contribution is 2.32. The van der Waals surface area contributed by atoms with Crippen LogP contribution in [0.4, 0.5) is 0 Å². The Balaban J connectivity index is 1.96. The molecule has 0 aliphatic carbocycles. The first-order valence-corrected chi connectivity index (χ1v) is 7.18. The maximum atomic E-state index is 12.5. The second kappa shape index (κ2) is 6.70. The second-order valence-electron chi connectivity index (χ2n) is 5.27. The Kier molecular flexibility index (Phi) is 4.95. The van der Waals surface area contributed by atoms with E-state index in [1.807, 2.05) is 12.1 Å². The van der Waals surface area contributed by atoms with Crippen molar-refractivity contribution in [1.29, 1.82) is 0 Å². The maximum Gasteiger partial charge on any atom is 0.226 e. The Morgan fingerprint density at radius 1 is 1.50 bits per heavy atom. The molecule has 110 valence electrons. The van der Waals surface area contributed by atoms with Crippen LogP contribution in [0.15, 0.2) is 18.3 Å². The molecule has 20 heavy (non-hydrogen) atoms. The fraction of sp³-hybridized carbons (Fsp3) is 0.600. The number of carbonyl (C=O) groups excluding carboxylic acids is 1. The molecule has 0 radical (unpaired) electrons. The first kappa shape index (κ1) is 14.8. The van der Waals surface area contributed by atoms with Crippen LogP contribution in [0.2, 0.25) is 0 Å². The summed E-state index contributed by atoms with van der Waals surface area (Å²) in [7, 11) is 1.59. The van der Waals surface area contributed by atoms with Crippen LogP contribution in [0, 0.1) is 5.41 Å². The van der Waals surface area contributed by atoms with Gasteiger partial charge in [0, 0.05) is 18.8 Å². The van der Waals surface area contributed by atoms with Gasteiger partial charge in [0.1, 0.15) is 0 Å². The lowest BCUT2D eigenvalue weighted by Gasteiger charge is -2.35. The third-order valence-electron chi connectivity index (χ3n) is 4.18. The van der Waals surface area contributed by atoms with Gasteiger partial charge in [-0.1, -0.05) is 6.92 Å². The van der Waals surface area contributed by atoms with E-state index in [0.29, 0.717) is 12.4 Å². The van der Waals surface area contributed by atoms with Crippen molar-refractivity contribution in [1.82, 2.24) is 15.6 Å². The van der Waals surface area contributed by atoms with Crippen LogP contribution >= 0.6 is 0 Å². The fourth-order valence-corrected chi connectivity index (χ4v) is 2.69. The van der Waals surface area contributed by atoms with Gasteiger partial charge in [-0.25, -0.2) is 4.98 Å². The molecule has 5 nitrogen and oxygen atoms in total. The number of aromatic nitrogens is 1. The highest BCUT2D eigenvalue weighted by Gasteiger charge is 2.37. The topological polar surface area (TPSA) is 63.2 Å². The third kappa shape index (κ3) is 3.28. The number of pyridine rings is 1. The van der Waals surface area contributed by atoms with Gasteiger partial charge in [0.25, 0.3) is 0 Å². The average molecular weight is 277 g/mol. The smallest absolute Gasteiger partial charge is 0.226 e. The monoisotopic (exact) mass is 277 g/mol. The summed E-state index contributed by atoms with van der Waals surface area (Å²) in [6.07, 6.45) is 4.41. The van der Waals surface area contributed by atoms with Crippen LogP contribution in [-0.2, 0) is 11.3 Å². The summed E-state index contributed by atoms with van der Waals surface area (Å²) in [6.45, 7) is 4.46. The first-order valence-electron chi connectivity index (χ1n) is 7.18. The largest absolute Gasteiger partial charge is 0.481 e. The van der Waals surface area contributed by atoms with Gasteiger partial charge in [0.15, 0.2) is 0 Å². The van der Waals surface area contributed by atoms with Crippen molar-refractivity contribution in [3.05, 3.63) is 23.9 Å². The average Bonchev–Trinajstić information content (AvgIpc) is 2.53. The molecule has 1 fully saturated rings. The lowest BCUT2D eigenvalue weighted by molar-refractivity contribution is -0.133. The molecule has 0 spiro atoms. The van der Waals surface area contributed by atoms with Gasteiger partial charge < -0.3 is 15.4 Å². The van der Waals surface area contributed by atoms with Crippen LogP contribution in [0.5, 0.6) is 5.88 Å². The van der Waals surface area contributed by atoms with E-state index in [1.165, 1.54) is 0 Å². The number of carbonyl (C=O) groups is 1. The van der Waals surface area contributed by atoms with Gasteiger partial charge in [0.2, 0.25) is 11.8 Å². The number of methoxy groups -OCH3 is 1. The number of amides is 1. The van der Waals surface area contributed by atoms with Crippen molar-refractivity contribution in [3.63, 3.8) is 0 Å². The standard InChI is InChI=1S/C15H23N3O2/c1-3-15(5-8-16-9-6-15)14(19)18-11-12-4-7-17-13(10-12)20-2/h4,7,10,16H,3,5-6,8-9,11H2,1-2H3,(H,18,19). The molecule has 2 rings (SSSR count). The summed E-state index contributed by atoms with van der Waals surface area (Å²) < 4.78 is 5.09. The van der Waals surface area contributed by atoms with Crippen molar-refractivity contribution in [2.75, 3.05) is 20.2 Å². The predicted molar refractivity (Wildman–Crippen MR) is 77.5 cm³/mol. The molecular weight excluding hydrogens is 254 g/mol. The van der Waals surface area contributed by atoms with Crippen molar-refractivity contribution < 1.29 is 9.53 Å². The molecule has 0 saturated carbocycles. The Labute approximate surface area is 120 Å². The molecule has 2 N–H and O–H groups in total. The van der Waals surface area contributed by atoms with Gasteiger partial charge in [0.05, 0.1) is 12.5 Å². The number of ether oxygens (including phenoxy) is 1. The van der Waals surface area contributed by atoms with Crippen molar-refractivity contribution in [3.8, 4) is 5.88 Å². The molecule has 0 aromatic carbocycles. The Morgan fingerprint density at radius 3 is 2.90 bits per heavy atom. The lowest BCUT2D eigenvalue weighted by atomic mass is 9.76. The van der Waals surface area contributed by atoms with E-state index in [9.17, 15) is 4.79 Å². The second-order valence-corrected chi connectivity index (χ2v) is 5.27. The summed E-state index contributed by atoms with van der Waals surface area (Å²) in [5.74, 6) is 0.737. The van der Waals surface area contributed by atoms with Crippen LogP contribution in [0.3, 0.4) is 0 Å². The van der Waals surface area contributed by atoms with E-state index in [2.05, 4.69) is 22.5 Å². The third-order valence-corrected chi connectivity index (χ3v) is 4.18. The minimum Gasteiger partial charge on any atom is -0.481 e. The molecule has 1 aromatic heterocycles. The van der Waals surface area contributed by atoms with Crippen molar-refractivity contribution in [2.24, 2.45) is 5.41 Å². The van der Waals surface area contributed by atoms with E-state index in [1.54, 1.807) is 13.3 Å².